The number of aromatic amines is 1. The number of halogens is 1. The molecule has 2 aromatic carbocycles. The number of fused-ring (bicyclic) bond motifs is 1. The number of thioether (sulfide) groups is 1. The number of rotatable bonds is 4. The van der Waals surface area contributed by atoms with Gasteiger partial charge in [0.05, 0.1) is 10.5 Å². The first kappa shape index (κ1) is 17.8. The first-order chi connectivity index (χ1) is 13.0. The number of benzene rings is 2. The van der Waals surface area contributed by atoms with E-state index in [2.05, 4.69) is 34.2 Å². The third-order valence-electron chi connectivity index (χ3n) is 4.37. The lowest BCUT2D eigenvalue weighted by molar-refractivity contribution is 0.793. The minimum atomic E-state index is -0.0415. The normalized spacial score (nSPS) is 11.2. The lowest BCUT2D eigenvalue weighted by Gasteiger charge is -2.06. The van der Waals surface area contributed by atoms with Crippen molar-refractivity contribution in [3.8, 4) is 11.4 Å². The summed E-state index contributed by atoms with van der Waals surface area (Å²) in [5, 5.41) is 10.5. The van der Waals surface area contributed by atoms with Crippen LogP contribution in [0.2, 0.25) is 5.02 Å². The number of nitrogens with one attached hydrogen (secondary N) is 1. The van der Waals surface area contributed by atoms with Gasteiger partial charge in [0.1, 0.15) is 0 Å². The zero-order valence-electron chi connectivity index (χ0n) is 14.9. The largest absolute Gasteiger partial charge is 0.356 e. The van der Waals surface area contributed by atoms with E-state index in [1.165, 1.54) is 17.3 Å². The second kappa shape index (κ2) is 7.21. The van der Waals surface area contributed by atoms with Crippen LogP contribution in [0.3, 0.4) is 0 Å². The average Bonchev–Trinajstić information content (AvgIpc) is 3.02. The number of H-pyrrole nitrogens is 1. The fourth-order valence-electron chi connectivity index (χ4n) is 2.90. The zero-order chi connectivity index (χ0) is 19.0. The number of hydrogen-bond acceptors (Lipinski definition) is 4. The van der Waals surface area contributed by atoms with E-state index in [1.807, 2.05) is 23.7 Å². The van der Waals surface area contributed by atoms with Crippen molar-refractivity contribution in [3.05, 3.63) is 75.0 Å². The lowest BCUT2D eigenvalue weighted by atomic mass is 10.1. The number of nitrogens with zero attached hydrogens (tertiary/aromatic N) is 3. The van der Waals surface area contributed by atoms with Crippen LogP contribution in [0.1, 0.15) is 11.3 Å². The highest BCUT2D eigenvalue weighted by Gasteiger charge is 2.12. The van der Waals surface area contributed by atoms with Crippen LogP contribution >= 0.6 is 23.4 Å². The summed E-state index contributed by atoms with van der Waals surface area (Å²) in [5.74, 6) is 1.38. The van der Waals surface area contributed by atoms with E-state index in [0.29, 0.717) is 21.7 Å². The molecule has 0 unspecified atom stereocenters. The third kappa shape index (κ3) is 3.50. The summed E-state index contributed by atoms with van der Waals surface area (Å²) in [5.41, 5.74) is 3.65. The molecular formula is C20H17ClN4OS. The molecule has 0 spiro atoms. The van der Waals surface area contributed by atoms with Gasteiger partial charge in [-0.3, -0.25) is 4.79 Å². The van der Waals surface area contributed by atoms with Crippen LogP contribution in [0.15, 0.2) is 58.5 Å². The molecule has 7 heteroatoms. The Morgan fingerprint density at radius 3 is 2.70 bits per heavy atom. The first-order valence-corrected chi connectivity index (χ1v) is 9.79. The molecule has 0 atom stereocenters. The van der Waals surface area contributed by atoms with Gasteiger partial charge in [0.2, 0.25) is 0 Å². The van der Waals surface area contributed by atoms with E-state index in [0.717, 1.165) is 22.2 Å². The van der Waals surface area contributed by atoms with Gasteiger partial charge in [0, 0.05) is 35.5 Å². The van der Waals surface area contributed by atoms with Gasteiger partial charge in [-0.1, -0.05) is 59.3 Å². The molecule has 0 fully saturated rings. The summed E-state index contributed by atoms with van der Waals surface area (Å²) in [6.07, 6.45) is 0. The van der Waals surface area contributed by atoms with Crippen LogP contribution in [0, 0.1) is 6.92 Å². The predicted octanol–water partition coefficient (Wildman–Crippen LogP) is 4.58. The van der Waals surface area contributed by atoms with Crippen molar-refractivity contribution in [1.82, 2.24) is 19.7 Å². The maximum Gasteiger partial charge on any atom is 0.191 e. The predicted molar refractivity (Wildman–Crippen MR) is 110 cm³/mol. The molecule has 4 rings (SSSR count). The molecule has 0 saturated heterocycles. The fourth-order valence-corrected chi connectivity index (χ4v) is 3.94. The SMILES string of the molecule is Cc1ccc(-c2nnc(SCc3cc(=O)c4cccc(Cl)c4[nH]3)n2C)cc1. The highest BCUT2D eigenvalue weighted by atomic mass is 35.5. The summed E-state index contributed by atoms with van der Waals surface area (Å²) >= 11 is 7.74. The Balaban J connectivity index is 1.59. The van der Waals surface area contributed by atoms with Gasteiger partial charge in [0.25, 0.3) is 0 Å². The smallest absolute Gasteiger partial charge is 0.191 e. The Kier molecular flexibility index (Phi) is 4.76. The Bertz CT molecular complexity index is 1180. The van der Waals surface area contributed by atoms with Gasteiger partial charge in [-0.15, -0.1) is 10.2 Å². The van der Waals surface area contributed by atoms with Crippen molar-refractivity contribution in [2.24, 2.45) is 7.05 Å². The van der Waals surface area contributed by atoms with Crippen molar-refractivity contribution in [2.75, 3.05) is 0 Å². The lowest BCUT2D eigenvalue weighted by Crippen LogP contribution is -2.05. The van der Waals surface area contributed by atoms with Gasteiger partial charge in [-0.05, 0) is 19.1 Å². The molecule has 1 N–H and O–H groups in total. The van der Waals surface area contributed by atoms with Crippen molar-refractivity contribution in [3.63, 3.8) is 0 Å². The summed E-state index contributed by atoms with van der Waals surface area (Å²) in [6, 6.07) is 15.1. The van der Waals surface area contributed by atoms with Gasteiger partial charge in [-0.2, -0.15) is 0 Å². The third-order valence-corrected chi connectivity index (χ3v) is 5.76. The van der Waals surface area contributed by atoms with E-state index in [1.54, 1.807) is 24.3 Å². The van der Waals surface area contributed by atoms with E-state index in [-0.39, 0.29) is 5.43 Å². The Hall–Kier alpha value is -2.57. The minimum absolute atomic E-state index is 0.0415. The molecule has 0 bridgehead atoms. The van der Waals surface area contributed by atoms with Crippen LogP contribution in [-0.4, -0.2) is 19.7 Å². The van der Waals surface area contributed by atoms with Gasteiger partial charge >= 0.3 is 0 Å². The van der Waals surface area contributed by atoms with Gasteiger partial charge in [0.15, 0.2) is 16.4 Å². The summed E-state index contributed by atoms with van der Waals surface area (Å²) in [7, 11) is 1.94. The van der Waals surface area contributed by atoms with E-state index in [9.17, 15) is 4.79 Å². The quantitative estimate of drug-likeness (QED) is 0.513. The number of hydrogen-bond donors (Lipinski definition) is 1. The number of pyridine rings is 1. The molecule has 0 aliphatic heterocycles. The standard InChI is InChI=1S/C20H17ClN4OS/c1-12-6-8-13(9-7-12)19-23-24-20(25(19)2)27-11-14-10-17(26)15-4-3-5-16(21)18(15)22-14/h3-10H,11H2,1-2H3,(H,22,26). The molecule has 2 heterocycles. The zero-order valence-corrected chi connectivity index (χ0v) is 16.4. The average molecular weight is 397 g/mol. The van der Waals surface area contributed by atoms with Crippen molar-refractivity contribution in [2.45, 2.75) is 17.8 Å². The number of aryl methyl sites for hydroxylation is 1. The Morgan fingerprint density at radius 1 is 1.15 bits per heavy atom. The second-order valence-corrected chi connectivity index (χ2v) is 7.69. The molecule has 4 aromatic rings. The van der Waals surface area contributed by atoms with Crippen LogP contribution < -0.4 is 5.43 Å². The van der Waals surface area contributed by atoms with Crippen molar-refractivity contribution in [1.29, 1.82) is 0 Å². The molecule has 0 aliphatic carbocycles. The van der Waals surface area contributed by atoms with Crippen LogP contribution in [-0.2, 0) is 12.8 Å². The fraction of sp³-hybridized carbons (Fsp3) is 0.150. The van der Waals surface area contributed by atoms with Gasteiger partial charge < -0.3 is 9.55 Å². The summed E-state index contributed by atoms with van der Waals surface area (Å²) in [4.78, 5) is 15.6. The molecule has 136 valence electrons. The topological polar surface area (TPSA) is 63.6 Å². The Morgan fingerprint density at radius 2 is 1.93 bits per heavy atom. The van der Waals surface area contributed by atoms with E-state index in [4.69, 9.17) is 11.6 Å². The molecule has 27 heavy (non-hydrogen) atoms. The summed E-state index contributed by atoms with van der Waals surface area (Å²) in [6.45, 7) is 2.05. The first-order valence-electron chi connectivity index (χ1n) is 8.42. The molecule has 2 aromatic heterocycles. The van der Waals surface area contributed by atoms with E-state index >= 15 is 0 Å². The second-order valence-electron chi connectivity index (χ2n) is 6.34. The molecular weight excluding hydrogens is 380 g/mol. The minimum Gasteiger partial charge on any atom is -0.356 e. The molecule has 0 aliphatic rings. The number of para-hydroxylation sites is 1. The van der Waals surface area contributed by atoms with Gasteiger partial charge in [-0.25, -0.2) is 0 Å². The highest BCUT2D eigenvalue weighted by molar-refractivity contribution is 7.98. The molecule has 0 saturated carbocycles. The van der Waals surface area contributed by atoms with Crippen LogP contribution in [0.4, 0.5) is 0 Å². The highest BCUT2D eigenvalue weighted by Crippen LogP contribution is 2.26. The maximum absolute atomic E-state index is 12.3. The van der Waals surface area contributed by atoms with Crippen molar-refractivity contribution < 1.29 is 0 Å². The summed E-state index contributed by atoms with van der Waals surface area (Å²) < 4.78 is 1.96. The molecule has 0 amide bonds. The monoisotopic (exact) mass is 396 g/mol. The van der Waals surface area contributed by atoms with Crippen LogP contribution in [0.5, 0.6) is 0 Å². The molecule has 0 radical (unpaired) electrons. The Labute approximate surface area is 165 Å². The maximum atomic E-state index is 12.3. The van der Waals surface area contributed by atoms with Crippen LogP contribution in [0.25, 0.3) is 22.3 Å². The number of aromatic nitrogens is 4. The van der Waals surface area contributed by atoms with E-state index < -0.39 is 0 Å². The molecule has 5 nitrogen and oxygen atoms in total. The van der Waals surface area contributed by atoms with Crippen molar-refractivity contribution >= 4 is 34.3 Å².